The fourth-order valence-electron chi connectivity index (χ4n) is 2.12. The molecule has 1 aromatic heterocycles. The van der Waals surface area contributed by atoms with Gasteiger partial charge in [0.1, 0.15) is 11.5 Å². The number of carbonyl (C=O) groups excluding carboxylic acids is 1. The Morgan fingerprint density at radius 2 is 2.19 bits per heavy atom. The molecule has 0 aliphatic carbocycles. The van der Waals surface area contributed by atoms with E-state index in [1.165, 1.54) is 0 Å². The van der Waals surface area contributed by atoms with E-state index in [0.29, 0.717) is 19.4 Å². The van der Waals surface area contributed by atoms with Crippen LogP contribution in [0.3, 0.4) is 0 Å². The summed E-state index contributed by atoms with van der Waals surface area (Å²) in [5.74, 6) is 1.40. The van der Waals surface area contributed by atoms with Crippen molar-refractivity contribution in [3.63, 3.8) is 0 Å². The van der Waals surface area contributed by atoms with Gasteiger partial charge in [0.15, 0.2) is 0 Å². The Labute approximate surface area is 133 Å². The third-order valence-corrected chi connectivity index (χ3v) is 3.31. The Morgan fingerprint density at radius 3 is 2.67 bits per heavy atom. The van der Waals surface area contributed by atoms with Crippen LogP contribution in [0.1, 0.15) is 50.7 Å². The third kappa shape index (κ3) is 6.08. The van der Waals surface area contributed by atoms with Crippen molar-refractivity contribution in [3.05, 3.63) is 23.7 Å². The lowest BCUT2D eigenvalue weighted by Crippen LogP contribution is -2.52. The highest BCUT2D eigenvalue weighted by molar-refractivity contribution is 5.86. The van der Waals surface area contributed by atoms with Crippen LogP contribution in [0.5, 0.6) is 0 Å². The zero-order chi connectivity index (χ0) is 15.2. The molecule has 0 radical (unpaired) electrons. The first-order chi connectivity index (χ1) is 9.40. The average molecular weight is 319 g/mol. The number of carbonyl (C=O) groups is 1. The minimum Gasteiger partial charge on any atom is -0.464 e. The maximum absolute atomic E-state index is 12.3. The zero-order valence-corrected chi connectivity index (χ0v) is 14.1. The summed E-state index contributed by atoms with van der Waals surface area (Å²) in [5, 5.41) is 2.97. The van der Waals surface area contributed by atoms with Gasteiger partial charge in [0.25, 0.3) is 0 Å². The summed E-state index contributed by atoms with van der Waals surface area (Å²) in [6.45, 7) is 6.19. The molecule has 0 aliphatic heterocycles. The third-order valence-electron chi connectivity index (χ3n) is 3.31. The van der Waals surface area contributed by atoms with E-state index in [9.17, 15) is 4.79 Å². The summed E-state index contributed by atoms with van der Waals surface area (Å²) >= 11 is 0. The highest BCUT2D eigenvalue weighted by Crippen LogP contribution is 2.21. The van der Waals surface area contributed by atoms with Crippen LogP contribution in [0.15, 0.2) is 16.5 Å². The molecule has 21 heavy (non-hydrogen) atoms. The van der Waals surface area contributed by atoms with Crippen molar-refractivity contribution in [1.82, 2.24) is 5.32 Å². The fourth-order valence-corrected chi connectivity index (χ4v) is 2.12. The number of rotatable bonds is 8. The fraction of sp³-hybridized carbons (Fsp3) is 0.667. The van der Waals surface area contributed by atoms with Gasteiger partial charge in [-0.3, -0.25) is 4.79 Å². The lowest BCUT2D eigenvalue weighted by Gasteiger charge is -2.26. The normalized spacial score (nSPS) is 14.9. The lowest BCUT2D eigenvalue weighted by molar-refractivity contribution is -0.127. The topological polar surface area (TPSA) is 77.5 Å². The monoisotopic (exact) mass is 318 g/mol. The van der Waals surface area contributed by atoms with Gasteiger partial charge in [0.2, 0.25) is 5.91 Å². The van der Waals surface area contributed by atoms with Crippen molar-refractivity contribution in [2.24, 2.45) is 5.73 Å². The second-order valence-electron chi connectivity index (χ2n) is 5.42. The maximum atomic E-state index is 12.3. The summed E-state index contributed by atoms with van der Waals surface area (Å²) in [6, 6.07) is 3.55. The SMILES string of the molecule is CCCC(C)(N)C(=O)NC(CCOC)c1ccc(C)o1.Cl. The minimum atomic E-state index is -0.859. The zero-order valence-electron chi connectivity index (χ0n) is 13.3. The Bertz CT molecular complexity index is 432. The number of ether oxygens (including phenoxy) is 1. The number of nitrogens with one attached hydrogen (secondary N) is 1. The summed E-state index contributed by atoms with van der Waals surface area (Å²) in [7, 11) is 1.64. The van der Waals surface area contributed by atoms with Crippen molar-refractivity contribution >= 4 is 18.3 Å². The Balaban J connectivity index is 0.00000400. The number of furan rings is 1. The molecule has 122 valence electrons. The molecule has 5 nitrogen and oxygen atoms in total. The molecule has 0 saturated carbocycles. The smallest absolute Gasteiger partial charge is 0.240 e. The number of nitrogens with two attached hydrogens (primary N) is 1. The molecule has 0 saturated heterocycles. The molecule has 3 N–H and O–H groups in total. The van der Waals surface area contributed by atoms with Crippen molar-refractivity contribution in [1.29, 1.82) is 0 Å². The van der Waals surface area contributed by atoms with Crippen LogP contribution >= 0.6 is 12.4 Å². The van der Waals surface area contributed by atoms with E-state index in [4.69, 9.17) is 14.9 Å². The minimum absolute atomic E-state index is 0. The number of hydrogen-bond acceptors (Lipinski definition) is 4. The quantitative estimate of drug-likeness (QED) is 0.772. The summed E-state index contributed by atoms with van der Waals surface area (Å²) in [6.07, 6.45) is 2.16. The van der Waals surface area contributed by atoms with E-state index in [1.807, 2.05) is 26.0 Å². The predicted octanol–water partition coefficient (Wildman–Crippen LogP) is 2.72. The Morgan fingerprint density at radius 1 is 1.52 bits per heavy atom. The molecule has 1 amide bonds. The predicted molar refractivity (Wildman–Crippen MR) is 85.6 cm³/mol. The summed E-state index contributed by atoms with van der Waals surface area (Å²) in [4.78, 5) is 12.3. The van der Waals surface area contributed by atoms with Gasteiger partial charge in [0.05, 0.1) is 11.6 Å². The second-order valence-corrected chi connectivity index (χ2v) is 5.42. The molecule has 1 aromatic rings. The van der Waals surface area contributed by atoms with E-state index in [1.54, 1.807) is 14.0 Å². The first kappa shape index (κ1) is 20.0. The van der Waals surface area contributed by atoms with Crippen LogP contribution in [0, 0.1) is 6.92 Å². The number of methoxy groups -OCH3 is 1. The maximum Gasteiger partial charge on any atom is 0.240 e. The lowest BCUT2D eigenvalue weighted by atomic mass is 9.95. The van der Waals surface area contributed by atoms with Gasteiger partial charge in [0, 0.05) is 13.7 Å². The standard InChI is InChI=1S/C15H26N2O3.ClH/c1-5-9-15(3,16)14(18)17-12(8-10-19-4)13-7-6-11(2)20-13;/h6-7,12H,5,8-10,16H2,1-4H3,(H,17,18);1H. The van der Waals surface area contributed by atoms with Crippen LogP contribution in [0.4, 0.5) is 0 Å². The average Bonchev–Trinajstić information content (AvgIpc) is 2.80. The molecular weight excluding hydrogens is 292 g/mol. The highest BCUT2D eigenvalue weighted by Gasteiger charge is 2.30. The first-order valence-corrected chi connectivity index (χ1v) is 7.05. The van der Waals surface area contributed by atoms with Crippen LogP contribution in [0.2, 0.25) is 0 Å². The number of halogens is 1. The van der Waals surface area contributed by atoms with Crippen molar-refractivity contribution < 1.29 is 13.9 Å². The molecule has 2 atom stereocenters. The van der Waals surface area contributed by atoms with Crippen molar-refractivity contribution in [2.75, 3.05) is 13.7 Å². The van der Waals surface area contributed by atoms with Gasteiger partial charge in [-0.05, 0) is 38.8 Å². The van der Waals surface area contributed by atoms with Crippen LogP contribution in [-0.2, 0) is 9.53 Å². The van der Waals surface area contributed by atoms with Gasteiger partial charge >= 0.3 is 0 Å². The number of aryl methyl sites for hydroxylation is 1. The molecule has 0 aliphatic rings. The molecular formula is C15H27ClN2O3. The van der Waals surface area contributed by atoms with Gasteiger partial charge < -0.3 is 20.2 Å². The molecule has 0 fully saturated rings. The van der Waals surface area contributed by atoms with E-state index in [2.05, 4.69) is 5.32 Å². The molecule has 6 heteroatoms. The molecule has 0 spiro atoms. The van der Waals surface area contributed by atoms with Crippen LogP contribution < -0.4 is 11.1 Å². The highest BCUT2D eigenvalue weighted by atomic mass is 35.5. The molecule has 2 unspecified atom stereocenters. The van der Waals surface area contributed by atoms with Gasteiger partial charge in [-0.15, -0.1) is 12.4 Å². The van der Waals surface area contributed by atoms with E-state index in [0.717, 1.165) is 17.9 Å². The Kier molecular flexibility index (Phi) is 8.63. The van der Waals surface area contributed by atoms with E-state index >= 15 is 0 Å². The Hall–Kier alpha value is -1.04. The first-order valence-electron chi connectivity index (χ1n) is 7.05. The van der Waals surface area contributed by atoms with Crippen molar-refractivity contribution in [2.45, 2.75) is 51.6 Å². The van der Waals surface area contributed by atoms with Gasteiger partial charge in [-0.2, -0.15) is 0 Å². The molecule has 0 bridgehead atoms. The molecule has 0 aromatic carbocycles. The number of hydrogen-bond donors (Lipinski definition) is 2. The van der Waals surface area contributed by atoms with Gasteiger partial charge in [-0.25, -0.2) is 0 Å². The van der Waals surface area contributed by atoms with E-state index in [-0.39, 0.29) is 24.4 Å². The van der Waals surface area contributed by atoms with Gasteiger partial charge in [-0.1, -0.05) is 13.3 Å². The second kappa shape index (κ2) is 9.07. The van der Waals surface area contributed by atoms with Crippen LogP contribution in [0.25, 0.3) is 0 Å². The van der Waals surface area contributed by atoms with Crippen molar-refractivity contribution in [3.8, 4) is 0 Å². The van der Waals surface area contributed by atoms with E-state index < -0.39 is 5.54 Å². The number of amides is 1. The summed E-state index contributed by atoms with van der Waals surface area (Å²) < 4.78 is 10.7. The molecule has 1 heterocycles. The largest absolute Gasteiger partial charge is 0.464 e. The molecule has 1 rings (SSSR count). The van der Waals surface area contributed by atoms with Crippen LogP contribution in [-0.4, -0.2) is 25.2 Å². The summed E-state index contributed by atoms with van der Waals surface area (Å²) in [5.41, 5.74) is 5.20.